The third kappa shape index (κ3) is 3.55. The molecule has 0 aliphatic carbocycles. The standard InChI is InChI=1S/C14H23N3/c1-5-10(3)13(16)11(6-2)12(15)7-8-14(4)9-17-14/h7-10,15H,5-6,16H2,1-4H3/b8-7-,13-11?,15-12?. The van der Waals surface area contributed by atoms with Crippen LogP contribution in [-0.2, 0) is 0 Å². The highest BCUT2D eigenvalue weighted by atomic mass is 15.0. The fraction of sp³-hybridized carbons (Fsp3) is 0.571. The van der Waals surface area contributed by atoms with Crippen molar-refractivity contribution in [1.82, 2.24) is 0 Å². The lowest BCUT2D eigenvalue weighted by Gasteiger charge is -2.15. The van der Waals surface area contributed by atoms with Crippen LogP contribution >= 0.6 is 0 Å². The van der Waals surface area contributed by atoms with Crippen molar-refractivity contribution in [2.75, 3.05) is 0 Å². The molecule has 0 radical (unpaired) electrons. The minimum Gasteiger partial charge on any atom is -0.402 e. The summed E-state index contributed by atoms with van der Waals surface area (Å²) in [4.78, 5) is 4.13. The Labute approximate surface area is 104 Å². The summed E-state index contributed by atoms with van der Waals surface area (Å²) >= 11 is 0. The highest BCUT2D eigenvalue weighted by Gasteiger charge is 2.26. The Morgan fingerprint density at radius 3 is 2.53 bits per heavy atom. The second-order valence-corrected chi connectivity index (χ2v) is 4.83. The molecule has 0 saturated heterocycles. The van der Waals surface area contributed by atoms with Gasteiger partial charge in [0.15, 0.2) is 0 Å². The zero-order valence-electron chi connectivity index (χ0n) is 11.2. The number of nitrogens with zero attached hydrogens (tertiary/aromatic N) is 1. The van der Waals surface area contributed by atoms with Crippen molar-refractivity contribution in [3.63, 3.8) is 0 Å². The van der Waals surface area contributed by atoms with Crippen molar-refractivity contribution in [3.05, 3.63) is 23.4 Å². The van der Waals surface area contributed by atoms with Gasteiger partial charge < -0.3 is 11.1 Å². The van der Waals surface area contributed by atoms with E-state index in [0.717, 1.165) is 24.1 Å². The summed E-state index contributed by atoms with van der Waals surface area (Å²) in [6, 6.07) is 0. The first-order valence-corrected chi connectivity index (χ1v) is 6.26. The Balaban J connectivity index is 2.79. The van der Waals surface area contributed by atoms with Crippen LogP contribution in [-0.4, -0.2) is 17.5 Å². The van der Waals surface area contributed by atoms with E-state index in [1.54, 1.807) is 0 Å². The predicted octanol–water partition coefficient (Wildman–Crippen LogP) is 3.07. The minimum atomic E-state index is -0.143. The number of nitrogens with two attached hydrogens (primary N) is 1. The third-order valence-corrected chi connectivity index (χ3v) is 3.29. The molecule has 1 rings (SSSR count). The second kappa shape index (κ2) is 5.30. The highest BCUT2D eigenvalue weighted by molar-refractivity contribution is 6.07. The van der Waals surface area contributed by atoms with Crippen LogP contribution < -0.4 is 5.73 Å². The largest absolute Gasteiger partial charge is 0.402 e. The van der Waals surface area contributed by atoms with Crippen LogP contribution in [0.25, 0.3) is 0 Å². The predicted molar refractivity (Wildman–Crippen MR) is 74.7 cm³/mol. The Bertz CT molecular complexity index is 382. The maximum atomic E-state index is 8.07. The average Bonchev–Trinajstić information content (AvgIpc) is 3.05. The lowest BCUT2D eigenvalue weighted by molar-refractivity contribution is 0.640. The Hall–Kier alpha value is -1.38. The van der Waals surface area contributed by atoms with Gasteiger partial charge in [-0.3, -0.25) is 4.99 Å². The van der Waals surface area contributed by atoms with Crippen molar-refractivity contribution >= 4 is 11.9 Å². The molecule has 0 aromatic carbocycles. The van der Waals surface area contributed by atoms with Crippen LogP contribution in [0, 0.1) is 11.3 Å². The summed E-state index contributed by atoms with van der Waals surface area (Å²) in [6.45, 7) is 8.28. The minimum absolute atomic E-state index is 0.143. The molecule has 3 nitrogen and oxygen atoms in total. The molecule has 3 heteroatoms. The molecular formula is C14H23N3. The van der Waals surface area contributed by atoms with E-state index in [1.165, 1.54) is 0 Å². The number of aliphatic imine (C=N–C) groups is 1. The summed E-state index contributed by atoms with van der Waals surface area (Å²) in [7, 11) is 0. The van der Waals surface area contributed by atoms with Gasteiger partial charge in [-0.15, -0.1) is 0 Å². The smallest absolute Gasteiger partial charge is 0.111 e. The Kier molecular flexibility index (Phi) is 4.27. The maximum absolute atomic E-state index is 8.07. The molecular weight excluding hydrogens is 210 g/mol. The van der Waals surface area contributed by atoms with Crippen LogP contribution in [0.2, 0.25) is 0 Å². The Morgan fingerprint density at radius 1 is 1.53 bits per heavy atom. The summed E-state index contributed by atoms with van der Waals surface area (Å²) in [5.74, 6) is 0.339. The molecule has 1 aliphatic heterocycles. The van der Waals surface area contributed by atoms with Crippen molar-refractivity contribution in [1.29, 1.82) is 5.41 Å². The van der Waals surface area contributed by atoms with Crippen molar-refractivity contribution in [3.8, 4) is 0 Å². The first-order chi connectivity index (χ1) is 7.93. The lowest BCUT2D eigenvalue weighted by atomic mass is 9.95. The van der Waals surface area contributed by atoms with Gasteiger partial charge in [-0.2, -0.15) is 0 Å². The molecule has 94 valence electrons. The quantitative estimate of drug-likeness (QED) is 0.680. The Morgan fingerprint density at radius 2 is 2.12 bits per heavy atom. The first kappa shape index (κ1) is 13.7. The molecule has 0 aromatic heterocycles. The molecule has 2 unspecified atom stereocenters. The fourth-order valence-electron chi connectivity index (χ4n) is 1.61. The molecule has 0 spiro atoms. The van der Waals surface area contributed by atoms with Gasteiger partial charge in [0.1, 0.15) is 5.54 Å². The first-order valence-electron chi connectivity index (χ1n) is 6.26. The van der Waals surface area contributed by atoms with Crippen LogP contribution in [0.15, 0.2) is 28.4 Å². The van der Waals surface area contributed by atoms with Gasteiger partial charge in [0.05, 0.1) is 5.71 Å². The lowest BCUT2D eigenvalue weighted by Crippen LogP contribution is -2.15. The van der Waals surface area contributed by atoms with Crippen LogP contribution in [0.1, 0.15) is 40.5 Å². The van der Waals surface area contributed by atoms with Gasteiger partial charge in [-0.05, 0) is 43.4 Å². The zero-order chi connectivity index (χ0) is 13.1. The number of hydrogen-bond donors (Lipinski definition) is 2. The van der Waals surface area contributed by atoms with E-state index in [2.05, 4.69) is 18.8 Å². The molecule has 0 aromatic rings. The van der Waals surface area contributed by atoms with E-state index >= 15 is 0 Å². The van der Waals surface area contributed by atoms with Gasteiger partial charge >= 0.3 is 0 Å². The van der Waals surface area contributed by atoms with Gasteiger partial charge in [-0.1, -0.05) is 20.8 Å². The van der Waals surface area contributed by atoms with Gasteiger partial charge in [0.2, 0.25) is 0 Å². The SMILES string of the molecule is CCC(C(=N)/C=C\C1(C)C=N1)=C(N)C(C)CC. The number of allylic oxidation sites excluding steroid dienone is 3. The summed E-state index contributed by atoms with van der Waals surface area (Å²) < 4.78 is 0. The molecule has 1 heterocycles. The van der Waals surface area contributed by atoms with E-state index in [9.17, 15) is 0 Å². The summed E-state index contributed by atoms with van der Waals surface area (Å²) in [5, 5.41) is 8.07. The third-order valence-electron chi connectivity index (χ3n) is 3.29. The normalized spacial score (nSPS) is 25.9. The van der Waals surface area contributed by atoms with E-state index in [4.69, 9.17) is 11.1 Å². The van der Waals surface area contributed by atoms with E-state index in [0.29, 0.717) is 11.6 Å². The number of hydrogen-bond acceptors (Lipinski definition) is 3. The highest BCUT2D eigenvalue weighted by Crippen LogP contribution is 2.22. The summed E-state index contributed by atoms with van der Waals surface area (Å²) in [5.41, 5.74) is 8.30. The molecule has 0 saturated carbocycles. The zero-order valence-corrected chi connectivity index (χ0v) is 11.2. The molecule has 17 heavy (non-hydrogen) atoms. The summed E-state index contributed by atoms with van der Waals surface area (Å²) in [6.07, 6.45) is 7.46. The van der Waals surface area contributed by atoms with Crippen LogP contribution in [0.3, 0.4) is 0 Å². The molecule has 0 amide bonds. The van der Waals surface area contributed by atoms with E-state index in [1.807, 2.05) is 32.2 Å². The van der Waals surface area contributed by atoms with E-state index in [-0.39, 0.29) is 5.54 Å². The van der Waals surface area contributed by atoms with Crippen molar-refractivity contribution in [2.24, 2.45) is 16.6 Å². The average molecular weight is 233 g/mol. The maximum Gasteiger partial charge on any atom is 0.111 e. The van der Waals surface area contributed by atoms with Crippen LogP contribution in [0.4, 0.5) is 0 Å². The molecule has 0 bridgehead atoms. The van der Waals surface area contributed by atoms with Gasteiger partial charge in [0, 0.05) is 11.9 Å². The van der Waals surface area contributed by atoms with Gasteiger partial charge in [0.25, 0.3) is 0 Å². The van der Waals surface area contributed by atoms with Crippen molar-refractivity contribution < 1.29 is 0 Å². The monoisotopic (exact) mass is 233 g/mol. The number of rotatable bonds is 6. The molecule has 0 fully saturated rings. The second-order valence-electron chi connectivity index (χ2n) is 4.83. The fourth-order valence-corrected chi connectivity index (χ4v) is 1.61. The number of nitrogens with one attached hydrogen (secondary N) is 1. The van der Waals surface area contributed by atoms with Crippen LogP contribution in [0.5, 0.6) is 0 Å². The molecule has 3 N–H and O–H groups in total. The van der Waals surface area contributed by atoms with Crippen molar-refractivity contribution in [2.45, 2.75) is 46.1 Å². The van der Waals surface area contributed by atoms with E-state index < -0.39 is 0 Å². The topological polar surface area (TPSA) is 62.2 Å². The molecule has 1 aliphatic rings. The molecule has 2 atom stereocenters. The van der Waals surface area contributed by atoms with Gasteiger partial charge in [-0.25, -0.2) is 0 Å².